The minimum atomic E-state index is -1.64. The Morgan fingerprint density at radius 1 is 0.955 bits per heavy atom. The zero-order chi connectivity index (χ0) is 30.8. The van der Waals surface area contributed by atoms with E-state index in [0.717, 1.165) is 21.9 Å². The van der Waals surface area contributed by atoms with Gasteiger partial charge in [-0.3, -0.25) is 24.6 Å². The topological polar surface area (TPSA) is 105 Å². The fourth-order valence-electron chi connectivity index (χ4n) is 6.70. The van der Waals surface area contributed by atoms with Crippen molar-refractivity contribution in [3.63, 3.8) is 0 Å². The third-order valence-electron chi connectivity index (χ3n) is 8.83. The Bertz CT molecular complexity index is 1710. The van der Waals surface area contributed by atoms with Gasteiger partial charge in [0.25, 0.3) is 0 Å². The molecule has 0 spiro atoms. The predicted octanol–water partition coefficient (Wildman–Crippen LogP) is 5.45. The van der Waals surface area contributed by atoms with E-state index >= 15 is 0 Å². The number of carbonyl (C=O) groups excluding carboxylic acids is 2. The number of amides is 2. The zero-order valence-electron chi connectivity index (χ0n) is 24.6. The van der Waals surface area contributed by atoms with E-state index < -0.39 is 41.2 Å². The van der Waals surface area contributed by atoms with Crippen molar-refractivity contribution < 1.29 is 29.0 Å². The Labute approximate surface area is 260 Å². The predicted molar refractivity (Wildman–Crippen MR) is 169 cm³/mol. The van der Waals surface area contributed by atoms with Crippen molar-refractivity contribution in [2.24, 2.45) is 11.8 Å². The maximum atomic E-state index is 14.3. The lowest BCUT2D eigenvalue weighted by Crippen LogP contribution is -2.56. The lowest BCUT2D eigenvalue weighted by molar-refractivity contribution is -0.151. The molecule has 2 fully saturated rings. The summed E-state index contributed by atoms with van der Waals surface area (Å²) >= 11 is 1.50. The van der Waals surface area contributed by atoms with Crippen molar-refractivity contribution in [1.29, 1.82) is 0 Å². The van der Waals surface area contributed by atoms with Crippen molar-refractivity contribution in [3.8, 4) is 11.5 Å². The minimum absolute atomic E-state index is 0.0619. The molecule has 2 aliphatic rings. The van der Waals surface area contributed by atoms with Gasteiger partial charge in [-0.25, -0.2) is 0 Å². The smallest absolute Gasteiger partial charge is 0.324 e. The van der Waals surface area contributed by atoms with Gasteiger partial charge in [0, 0.05) is 11.6 Å². The van der Waals surface area contributed by atoms with Crippen LogP contribution < -0.4 is 14.8 Å². The number of ether oxygens (including phenoxy) is 2. The van der Waals surface area contributed by atoms with Crippen LogP contribution in [-0.2, 0) is 27.5 Å². The molecule has 0 aromatic heterocycles. The minimum Gasteiger partial charge on any atom is -0.493 e. The Balaban J connectivity index is 1.43. The summed E-state index contributed by atoms with van der Waals surface area (Å²) in [4.78, 5) is 43.0. The molecule has 226 valence electrons. The van der Waals surface area contributed by atoms with Gasteiger partial charge in [0.05, 0.1) is 25.5 Å². The number of hydrogen-bond donors (Lipinski definition) is 2. The largest absolute Gasteiger partial charge is 0.493 e. The summed E-state index contributed by atoms with van der Waals surface area (Å²) < 4.78 is 12.0. The van der Waals surface area contributed by atoms with Gasteiger partial charge in [-0.2, -0.15) is 11.8 Å². The molecule has 2 aliphatic heterocycles. The highest BCUT2D eigenvalue weighted by Crippen LogP contribution is 2.53. The second kappa shape index (κ2) is 12.3. The van der Waals surface area contributed by atoms with Gasteiger partial charge >= 0.3 is 5.97 Å². The van der Waals surface area contributed by atoms with E-state index in [2.05, 4.69) is 5.32 Å². The molecule has 4 atom stereocenters. The zero-order valence-corrected chi connectivity index (χ0v) is 25.4. The standard InChI is InChI=1S/C35H34N2O6S/c1-42-27-17-9-16-26(31(27)43-21-22-10-4-3-5-11-22)30-28-29(35(36-30,34(40)41)18-19-44-2)33(39)37(32(28)38)20-24-14-8-13-23-12-6-7-15-25(23)24/h3-17,28-30,36H,18-21H2,1-2H3,(H,40,41). The highest BCUT2D eigenvalue weighted by molar-refractivity contribution is 7.98. The van der Waals surface area contributed by atoms with Gasteiger partial charge in [-0.1, -0.05) is 84.9 Å². The molecule has 0 radical (unpaired) electrons. The van der Waals surface area contributed by atoms with Gasteiger partial charge in [-0.15, -0.1) is 0 Å². The number of carboxylic acid groups (broad SMARTS) is 1. The molecule has 4 unspecified atom stereocenters. The number of hydrogen-bond acceptors (Lipinski definition) is 7. The third-order valence-corrected chi connectivity index (χ3v) is 9.44. The number of likely N-dealkylation sites (tertiary alicyclic amines) is 1. The van der Waals surface area contributed by atoms with Gasteiger partial charge in [-0.05, 0) is 46.4 Å². The van der Waals surface area contributed by atoms with Crippen LogP contribution in [0.3, 0.4) is 0 Å². The van der Waals surface area contributed by atoms with Crippen LogP contribution in [0.5, 0.6) is 11.5 Å². The third kappa shape index (κ3) is 5.10. The molecule has 8 nitrogen and oxygen atoms in total. The molecule has 2 saturated heterocycles. The number of carboxylic acids is 1. The number of benzene rings is 4. The van der Waals surface area contributed by atoms with E-state index in [9.17, 15) is 19.5 Å². The molecule has 4 aromatic carbocycles. The van der Waals surface area contributed by atoms with Crippen molar-refractivity contribution in [2.75, 3.05) is 19.1 Å². The van der Waals surface area contributed by atoms with Gasteiger partial charge in [0.1, 0.15) is 12.1 Å². The van der Waals surface area contributed by atoms with E-state index in [1.54, 1.807) is 12.1 Å². The fraction of sp³-hybridized carbons (Fsp3) is 0.286. The summed E-state index contributed by atoms with van der Waals surface area (Å²) in [5, 5.41) is 16.0. The Morgan fingerprint density at radius 2 is 1.68 bits per heavy atom. The molecule has 9 heteroatoms. The van der Waals surface area contributed by atoms with E-state index in [-0.39, 0.29) is 19.6 Å². The number of methoxy groups -OCH3 is 1. The highest BCUT2D eigenvalue weighted by atomic mass is 32.2. The summed E-state index contributed by atoms with van der Waals surface area (Å²) in [6.45, 7) is 0.304. The average molecular weight is 611 g/mol. The molecular weight excluding hydrogens is 576 g/mol. The first-order valence-electron chi connectivity index (χ1n) is 14.5. The molecule has 0 aliphatic carbocycles. The maximum absolute atomic E-state index is 14.3. The van der Waals surface area contributed by atoms with Crippen LogP contribution in [0.15, 0.2) is 91.0 Å². The second-order valence-electron chi connectivity index (χ2n) is 11.2. The second-order valence-corrected chi connectivity index (χ2v) is 12.2. The Morgan fingerprint density at radius 3 is 2.43 bits per heavy atom. The monoisotopic (exact) mass is 610 g/mol. The van der Waals surface area contributed by atoms with Crippen LogP contribution in [0.25, 0.3) is 10.8 Å². The lowest BCUT2D eigenvalue weighted by atomic mass is 9.78. The molecule has 2 heterocycles. The number of aliphatic carboxylic acids is 1. The summed E-state index contributed by atoms with van der Waals surface area (Å²) in [6.07, 6.45) is 2.07. The number of nitrogens with zero attached hydrogens (tertiary/aromatic N) is 1. The summed E-state index contributed by atoms with van der Waals surface area (Å²) in [5.74, 6) is -2.68. The Kier molecular flexibility index (Phi) is 8.33. The molecule has 2 amide bonds. The molecule has 0 bridgehead atoms. The van der Waals surface area contributed by atoms with Crippen molar-refractivity contribution in [3.05, 3.63) is 108 Å². The van der Waals surface area contributed by atoms with Crippen molar-refractivity contribution in [2.45, 2.75) is 31.2 Å². The van der Waals surface area contributed by atoms with Crippen LogP contribution in [0, 0.1) is 11.8 Å². The molecule has 4 aromatic rings. The summed E-state index contributed by atoms with van der Waals surface area (Å²) in [5.41, 5.74) is 0.705. The normalized spacial score (nSPS) is 22.8. The molecule has 6 rings (SSSR count). The van der Waals surface area contributed by atoms with Crippen LogP contribution in [0.2, 0.25) is 0 Å². The van der Waals surface area contributed by atoms with Crippen LogP contribution in [0.1, 0.15) is 29.2 Å². The van der Waals surface area contributed by atoms with E-state index in [4.69, 9.17) is 9.47 Å². The number of carbonyl (C=O) groups is 3. The van der Waals surface area contributed by atoms with Crippen molar-refractivity contribution in [1.82, 2.24) is 10.2 Å². The number of thioether (sulfide) groups is 1. The first-order chi connectivity index (χ1) is 21.4. The number of nitrogens with one attached hydrogen (secondary N) is 1. The van der Waals surface area contributed by atoms with Gasteiger partial charge < -0.3 is 14.6 Å². The number of para-hydroxylation sites is 1. The van der Waals surface area contributed by atoms with Crippen molar-refractivity contribution >= 4 is 40.3 Å². The molecule has 2 N–H and O–H groups in total. The van der Waals surface area contributed by atoms with E-state index in [1.807, 2.05) is 85.1 Å². The lowest BCUT2D eigenvalue weighted by Gasteiger charge is -2.31. The fourth-order valence-corrected chi connectivity index (χ4v) is 7.23. The summed E-state index contributed by atoms with van der Waals surface area (Å²) in [6, 6.07) is 27.8. The molecule has 44 heavy (non-hydrogen) atoms. The Hall–Kier alpha value is -4.34. The SMILES string of the molecule is COc1cccc(C2NC(CCSC)(C(=O)O)C3C(=O)N(Cc4cccc5ccccc45)C(=O)C23)c1OCc1ccccc1. The first kappa shape index (κ1) is 29.7. The first-order valence-corrected chi connectivity index (χ1v) is 15.9. The number of rotatable bonds is 11. The van der Waals surface area contributed by atoms with Gasteiger partial charge in [0.2, 0.25) is 11.8 Å². The quantitative estimate of drug-likeness (QED) is 0.216. The number of imide groups is 1. The number of fused-ring (bicyclic) bond motifs is 2. The molecule has 0 saturated carbocycles. The average Bonchev–Trinajstić information content (AvgIpc) is 3.53. The highest BCUT2D eigenvalue weighted by Gasteiger charge is 2.68. The maximum Gasteiger partial charge on any atom is 0.324 e. The van der Waals surface area contributed by atoms with Crippen LogP contribution in [0.4, 0.5) is 0 Å². The molecular formula is C35H34N2O6S. The summed E-state index contributed by atoms with van der Waals surface area (Å²) in [7, 11) is 1.54. The van der Waals surface area contributed by atoms with E-state index in [0.29, 0.717) is 22.8 Å². The van der Waals surface area contributed by atoms with E-state index in [1.165, 1.54) is 23.8 Å². The van der Waals surface area contributed by atoms with Gasteiger partial charge in [0.15, 0.2) is 11.5 Å². The van der Waals surface area contributed by atoms with Crippen LogP contribution in [-0.4, -0.2) is 52.4 Å². The van der Waals surface area contributed by atoms with Crippen LogP contribution >= 0.6 is 11.8 Å².